The first-order valence-corrected chi connectivity index (χ1v) is 5.11. The SMILES string of the molecule is CC(=O)C(C)COCOCC(C)C(C)=O. The van der Waals surface area contributed by atoms with Crippen molar-refractivity contribution in [2.24, 2.45) is 11.8 Å². The van der Waals surface area contributed by atoms with Gasteiger partial charge in [0.25, 0.3) is 0 Å². The van der Waals surface area contributed by atoms with Crippen molar-refractivity contribution >= 4 is 11.6 Å². The van der Waals surface area contributed by atoms with Gasteiger partial charge in [0.2, 0.25) is 0 Å². The minimum absolute atomic E-state index is 0.0983. The summed E-state index contributed by atoms with van der Waals surface area (Å²) >= 11 is 0. The number of hydrogen-bond acceptors (Lipinski definition) is 4. The van der Waals surface area contributed by atoms with Crippen LogP contribution < -0.4 is 0 Å². The molecule has 0 spiro atoms. The third kappa shape index (κ3) is 7.22. The smallest absolute Gasteiger partial charge is 0.146 e. The van der Waals surface area contributed by atoms with Crippen molar-refractivity contribution in [1.82, 2.24) is 0 Å². The highest BCUT2D eigenvalue weighted by atomic mass is 16.7. The van der Waals surface area contributed by atoms with Crippen LogP contribution in [-0.4, -0.2) is 31.6 Å². The first-order valence-electron chi connectivity index (χ1n) is 5.11. The summed E-state index contributed by atoms with van der Waals surface area (Å²) in [7, 11) is 0. The second-order valence-corrected chi connectivity index (χ2v) is 3.88. The van der Waals surface area contributed by atoms with E-state index in [1.807, 2.05) is 0 Å². The van der Waals surface area contributed by atoms with Gasteiger partial charge in [0.15, 0.2) is 0 Å². The maximum absolute atomic E-state index is 10.8. The fraction of sp³-hybridized carbons (Fsp3) is 0.818. The van der Waals surface area contributed by atoms with E-state index < -0.39 is 0 Å². The van der Waals surface area contributed by atoms with Crippen molar-refractivity contribution in [3.63, 3.8) is 0 Å². The molecule has 0 radical (unpaired) electrons. The lowest BCUT2D eigenvalue weighted by atomic mass is 10.1. The molecule has 0 saturated heterocycles. The van der Waals surface area contributed by atoms with Gasteiger partial charge in [-0.15, -0.1) is 0 Å². The molecule has 0 aliphatic carbocycles. The van der Waals surface area contributed by atoms with Crippen LogP contribution in [0.3, 0.4) is 0 Å². The minimum Gasteiger partial charge on any atom is -0.355 e. The molecule has 0 amide bonds. The predicted molar refractivity (Wildman–Crippen MR) is 56.5 cm³/mol. The molecule has 0 aromatic rings. The number of carbonyl (C=O) groups is 2. The lowest BCUT2D eigenvalue weighted by Gasteiger charge is -2.11. The predicted octanol–water partition coefficient (Wildman–Crippen LogP) is 1.43. The maximum atomic E-state index is 10.8. The Balaban J connectivity index is 3.40. The molecule has 0 aromatic heterocycles. The van der Waals surface area contributed by atoms with Crippen molar-refractivity contribution in [2.75, 3.05) is 20.0 Å². The van der Waals surface area contributed by atoms with E-state index in [4.69, 9.17) is 9.47 Å². The Bertz CT molecular complexity index is 191. The fourth-order valence-electron chi connectivity index (χ4n) is 0.743. The molecule has 4 nitrogen and oxygen atoms in total. The zero-order valence-electron chi connectivity index (χ0n) is 9.91. The van der Waals surface area contributed by atoms with Crippen LogP contribution in [0, 0.1) is 11.8 Å². The molecular weight excluding hydrogens is 196 g/mol. The number of ether oxygens (including phenoxy) is 2. The normalized spacial score (nSPS) is 14.7. The summed E-state index contributed by atoms with van der Waals surface area (Å²) in [4.78, 5) is 21.7. The van der Waals surface area contributed by atoms with Gasteiger partial charge in [-0.2, -0.15) is 0 Å². The molecule has 0 aliphatic heterocycles. The van der Waals surface area contributed by atoms with E-state index in [2.05, 4.69) is 0 Å². The summed E-state index contributed by atoms with van der Waals surface area (Å²) in [5.41, 5.74) is 0. The third-order valence-electron chi connectivity index (χ3n) is 2.29. The fourth-order valence-corrected chi connectivity index (χ4v) is 0.743. The highest BCUT2D eigenvalue weighted by molar-refractivity contribution is 5.78. The molecule has 0 fully saturated rings. The number of hydrogen-bond donors (Lipinski definition) is 0. The quantitative estimate of drug-likeness (QED) is 0.455. The van der Waals surface area contributed by atoms with E-state index in [9.17, 15) is 9.59 Å². The van der Waals surface area contributed by atoms with Crippen LogP contribution in [-0.2, 0) is 19.1 Å². The van der Waals surface area contributed by atoms with Crippen LogP contribution in [0.1, 0.15) is 27.7 Å². The second kappa shape index (κ2) is 7.54. The van der Waals surface area contributed by atoms with Gasteiger partial charge < -0.3 is 9.47 Å². The molecule has 4 heteroatoms. The molecule has 0 saturated carbocycles. The molecule has 0 heterocycles. The number of rotatable bonds is 8. The van der Waals surface area contributed by atoms with Gasteiger partial charge in [-0.3, -0.25) is 9.59 Å². The Morgan fingerprint density at radius 1 is 0.933 bits per heavy atom. The van der Waals surface area contributed by atoms with Crippen molar-refractivity contribution in [3.8, 4) is 0 Å². The molecule has 0 aromatic carbocycles. The summed E-state index contributed by atoms with van der Waals surface area (Å²) in [6, 6.07) is 0. The van der Waals surface area contributed by atoms with Crippen LogP contribution >= 0.6 is 0 Å². The summed E-state index contributed by atoms with van der Waals surface area (Å²) < 4.78 is 10.3. The van der Waals surface area contributed by atoms with E-state index >= 15 is 0 Å². The first kappa shape index (κ1) is 14.3. The summed E-state index contributed by atoms with van der Waals surface area (Å²) in [5.74, 6) is 0.0110. The van der Waals surface area contributed by atoms with Crippen LogP contribution in [0.4, 0.5) is 0 Å². The molecule has 0 bridgehead atoms. The first-order chi connectivity index (χ1) is 6.95. The zero-order chi connectivity index (χ0) is 11.8. The lowest BCUT2D eigenvalue weighted by Crippen LogP contribution is -2.18. The van der Waals surface area contributed by atoms with Gasteiger partial charge in [0, 0.05) is 11.8 Å². The molecule has 15 heavy (non-hydrogen) atoms. The maximum Gasteiger partial charge on any atom is 0.146 e. The minimum atomic E-state index is -0.0983. The average Bonchev–Trinajstić information content (AvgIpc) is 2.16. The van der Waals surface area contributed by atoms with E-state index in [1.165, 1.54) is 13.8 Å². The van der Waals surface area contributed by atoms with Gasteiger partial charge in [0.05, 0.1) is 13.2 Å². The number of ketones is 2. The summed E-state index contributed by atoms with van der Waals surface area (Å²) in [5, 5.41) is 0. The number of carbonyl (C=O) groups excluding carboxylic acids is 2. The topological polar surface area (TPSA) is 52.6 Å². The molecule has 88 valence electrons. The molecule has 0 rings (SSSR count). The van der Waals surface area contributed by atoms with Crippen LogP contribution in [0.15, 0.2) is 0 Å². The second-order valence-electron chi connectivity index (χ2n) is 3.88. The third-order valence-corrected chi connectivity index (χ3v) is 2.29. The van der Waals surface area contributed by atoms with E-state index in [1.54, 1.807) is 13.8 Å². The lowest BCUT2D eigenvalue weighted by molar-refractivity contribution is -0.128. The molecular formula is C11H20O4. The average molecular weight is 216 g/mol. The van der Waals surface area contributed by atoms with E-state index in [0.29, 0.717) is 13.2 Å². The summed E-state index contributed by atoms with van der Waals surface area (Å²) in [6.07, 6.45) is 0. The van der Waals surface area contributed by atoms with Gasteiger partial charge in [0.1, 0.15) is 18.4 Å². The van der Waals surface area contributed by atoms with Crippen LogP contribution in [0.5, 0.6) is 0 Å². The van der Waals surface area contributed by atoms with Crippen molar-refractivity contribution < 1.29 is 19.1 Å². The van der Waals surface area contributed by atoms with Gasteiger partial charge in [-0.25, -0.2) is 0 Å². The Hall–Kier alpha value is -0.740. The van der Waals surface area contributed by atoms with Gasteiger partial charge in [-0.05, 0) is 13.8 Å². The van der Waals surface area contributed by atoms with Crippen molar-refractivity contribution in [3.05, 3.63) is 0 Å². The summed E-state index contributed by atoms with van der Waals surface area (Å²) in [6.45, 7) is 7.54. The van der Waals surface area contributed by atoms with Crippen molar-refractivity contribution in [2.45, 2.75) is 27.7 Å². The molecule has 2 unspecified atom stereocenters. The van der Waals surface area contributed by atoms with E-state index in [-0.39, 0.29) is 30.2 Å². The monoisotopic (exact) mass is 216 g/mol. The zero-order valence-corrected chi connectivity index (χ0v) is 9.91. The Morgan fingerprint density at radius 2 is 1.27 bits per heavy atom. The Morgan fingerprint density at radius 3 is 1.53 bits per heavy atom. The highest BCUT2D eigenvalue weighted by Gasteiger charge is 2.09. The van der Waals surface area contributed by atoms with Crippen molar-refractivity contribution in [1.29, 1.82) is 0 Å². The van der Waals surface area contributed by atoms with Gasteiger partial charge >= 0.3 is 0 Å². The molecule has 0 aliphatic rings. The highest BCUT2D eigenvalue weighted by Crippen LogP contribution is 1.99. The molecule has 0 N–H and O–H groups in total. The van der Waals surface area contributed by atoms with Crippen LogP contribution in [0.25, 0.3) is 0 Å². The number of Topliss-reactive ketones (excluding diaryl/α,β-unsaturated/α-hetero) is 2. The Kier molecular flexibility index (Phi) is 7.17. The standard InChI is InChI=1S/C11H20O4/c1-8(10(3)12)5-14-7-15-6-9(2)11(4)13/h8-9H,5-7H2,1-4H3. The Labute approximate surface area is 90.9 Å². The van der Waals surface area contributed by atoms with Gasteiger partial charge in [-0.1, -0.05) is 13.8 Å². The van der Waals surface area contributed by atoms with E-state index in [0.717, 1.165) is 0 Å². The largest absolute Gasteiger partial charge is 0.355 e. The molecule has 2 atom stereocenters. The van der Waals surface area contributed by atoms with Crippen LogP contribution in [0.2, 0.25) is 0 Å².